The van der Waals surface area contributed by atoms with Crippen LogP contribution in [0.5, 0.6) is 5.75 Å². The minimum absolute atomic E-state index is 0.150. The van der Waals surface area contributed by atoms with Crippen molar-refractivity contribution in [3.05, 3.63) is 99.5 Å². The average molecular weight is 492 g/mol. The zero-order valence-electron chi connectivity index (χ0n) is 18.4. The molecule has 3 aromatic carbocycles. The number of aromatic nitrogens is 3. The summed E-state index contributed by atoms with van der Waals surface area (Å²) in [6.45, 7) is 1.91. The van der Waals surface area contributed by atoms with Crippen molar-refractivity contribution in [1.29, 1.82) is 0 Å². The monoisotopic (exact) mass is 491 g/mol. The van der Waals surface area contributed by atoms with E-state index in [-0.39, 0.29) is 5.91 Å². The van der Waals surface area contributed by atoms with Crippen LogP contribution in [0.3, 0.4) is 0 Å². The summed E-state index contributed by atoms with van der Waals surface area (Å²) in [7, 11) is 1.61. The Labute approximate surface area is 205 Å². The van der Waals surface area contributed by atoms with Gasteiger partial charge in [0.1, 0.15) is 5.75 Å². The molecule has 5 aromatic rings. The van der Waals surface area contributed by atoms with Gasteiger partial charge in [-0.3, -0.25) is 9.36 Å². The highest BCUT2D eigenvalue weighted by molar-refractivity contribution is 6.31. The van der Waals surface area contributed by atoms with E-state index in [0.29, 0.717) is 39.6 Å². The van der Waals surface area contributed by atoms with E-state index in [9.17, 15) is 4.79 Å². The van der Waals surface area contributed by atoms with Gasteiger partial charge < -0.3 is 9.15 Å². The third-order valence-electron chi connectivity index (χ3n) is 5.72. The molecule has 0 aliphatic carbocycles. The number of halogens is 2. The van der Waals surface area contributed by atoms with Crippen LogP contribution >= 0.6 is 23.2 Å². The van der Waals surface area contributed by atoms with Gasteiger partial charge in [0.2, 0.25) is 11.8 Å². The molecule has 2 aromatic heterocycles. The molecule has 0 unspecified atom stereocenters. The van der Waals surface area contributed by atoms with Gasteiger partial charge in [0.25, 0.3) is 5.91 Å². The summed E-state index contributed by atoms with van der Waals surface area (Å²) >= 11 is 12.0. The lowest BCUT2D eigenvalue weighted by atomic mass is 10.1. The Bertz CT molecular complexity index is 1500. The Balaban J connectivity index is 1.58. The van der Waals surface area contributed by atoms with Crippen molar-refractivity contribution in [2.24, 2.45) is 0 Å². The molecule has 170 valence electrons. The molecule has 0 saturated carbocycles. The van der Waals surface area contributed by atoms with Crippen molar-refractivity contribution in [3.8, 4) is 17.2 Å². The van der Waals surface area contributed by atoms with Crippen molar-refractivity contribution >= 4 is 40.0 Å². The second-order valence-electron chi connectivity index (χ2n) is 7.78. The molecule has 0 saturated heterocycles. The number of nitrogens with zero attached hydrogens (tertiary/aromatic N) is 3. The van der Waals surface area contributed by atoms with E-state index in [0.717, 1.165) is 27.7 Å². The van der Waals surface area contributed by atoms with Gasteiger partial charge in [0, 0.05) is 32.3 Å². The fourth-order valence-corrected chi connectivity index (χ4v) is 4.23. The van der Waals surface area contributed by atoms with Gasteiger partial charge in [-0.25, -0.2) is 0 Å². The molecule has 0 bridgehead atoms. The topological polar surface area (TPSA) is 70.2 Å². The number of fused-ring (bicyclic) bond motifs is 1. The summed E-state index contributed by atoms with van der Waals surface area (Å²) in [5.41, 5.74) is 3.78. The Morgan fingerprint density at radius 2 is 1.65 bits per heavy atom. The van der Waals surface area contributed by atoms with Crippen LogP contribution in [0, 0.1) is 6.92 Å². The Kier molecular flexibility index (Phi) is 5.86. The number of ether oxygens (including phenoxy) is 1. The van der Waals surface area contributed by atoms with Gasteiger partial charge in [0.15, 0.2) is 0 Å². The summed E-state index contributed by atoms with van der Waals surface area (Å²) < 4.78 is 13.1. The molecular weight excluding hydrogens is 473 g/mol. The molecule has 6 nitrogen and oxygen atoms in total. The summed E-state index contributed by atoms with van der Waals surface area (Å²) in [5, 5.41) is 10.5. The van der Waals surface area contributed by atoms with Gasteiger partial charge in [-0.05, 0) is 79.2 Å². The van der Waals surface area contributed by atoms with Crippen LogP contribution in [0.25, 0.3) is 22.4 Å². The first-order valence-electron chi connectivity index (χ1n) is 10.5. The Hall–Kier alpha value is -3.61. The smallest absolute Gasteiger partial charge is 0.262 e. The lowest BCUT2D eigenvalue weighted by molar-refractivity contribution is 0.0963. The zero-order valence-corrected chi connectivity index (χ0v) is 19.9. The van der Waals surface area contributed by atoms with Gasteiger partial charge >= 0.3 is 0 Å². The highest BCUT2D eigenvalue weighted by atomic mass is 35.5. The van der Waals surface area contributed by atoms with Crippen LogP contribution in [0.2, 0.25) is 10.0 Å². The van der Waals surface area contributed by atoms with Crippen molar-refractivity contribution in [2.75, 3.05) is 7.11 Å². The number of hydrogen-bond acceptors (Lipinski definition) is 5. The SMILES string of the molecule is COc1ccc2c(c1)c(Cc1nnc(-c3ccc(Cl)cc3)o1)c(C)n2C(=O)c1ccc(Cl)cc1. The maximum atomic E-state index is 13.5. The van der Waals surface area contributed by atoms with Crippen LogP contribution in [-0.2, 0) is 6.42 Å². The van der Waals surface area contributed by atoms with Gasteiger partial charge in [-0.15, -0.1) is 10.2 Å². The van der Waals surface area contributed by atoms with E-state index in [1.165, 1.54) is 0 Å². The Morgan fingerprint density at radius 1 is 0.971 bits per heavy atom. The second kappa shape index (κ2) is 8.97. The first-order valence-corrected chi connectivity index (χ1v) is 11.3. The first-order chi connectivity index (χ1) is 16.4. The number of carbonyl (C=O) groups is 1. The molecule has 0 atom stereocenters. The number of benzene rings is 3. The molecule has 0 radical (unpaired) electrons. The van der Waals surface area contributed by atoms with Gasteiger partial charge in [-0.1, -0.05) is 23.2 Å². The second-order valence-corrected chi connectivity index (χ2v) is 8.65. The lowest BCUT2D eigenvalue weighted by Crippen LogP contribution is -2.13. The highest BCUT2D eigenvalue weighted by Gasteiger charge is 2.22. The van der Waals surface area contributed by atoms with Gasteiger partial charge in [0.05, 0.1) is 19.0 Å². The molecule has 0 N–H and O–H groups in total. The van der Waals surface area contributed by atoms with Crippen molar-refractivity contribution in [1.82, 2.24) is 14.8 Å². The highest BCUT2D eigenvalue weighted by Crippen LogP contribution is 2.32. The van der Waals surface area contributed by atoms with Crippen molar-refractivity contribution in [2.45, 2.75) is 13.3 Å². The van der Waals surface area contributed by atoms with E-state index in [1.807, 2.05) is 37.3 Å². The third-order valence-corrected chi connectivity index (χ3v) is 6.23. The zero-order chi connectivity index (χ0) is 23.8. The van der Waals surface area contributed by atoms with Crippen molar-refractivity contribution in [3.63, 3.8) is 0 Å². The fourth-order valence-electron chi connectivity index (χ4n) is 3.98. The largest absolute Gasteiger partial charge is 0.497 e. The molecule has 0 spiro atoms. The molecular formula is C26H19Cl2N3O3. The van der Waals surface area contributed by atoms with Crippen LogP contribution in [0.1, 0.15) is 27.5 Å². The summed E-state index contributed by atoms with van der Waals surface area (Å²) in [6.07, 6.45) is 0.358. The van der Waals surface area contributed by atoms with Crippen LogP contribution in [0.4, 0.5) is 0 Å². The first kappa shape index (κ1) is 22.2. The van der Waals surface area contributed by atoms with E-state index < -0.39 is 0 Å². The predicted octanol–water partition coefficient (Wildman–Crippen LogP) is 6.59. The van der Waals surface area contributed by atoms with E-state index >= 15 is 0 Å². The van der Waals surface area contributed by atoms with Gasteiger partial charge in [-0.2, -0.15) is 0 Å². The number of rotatable bonds is 5. The molecule has 2 heterocycles. The lowest BCUT2D eigenvalue weighted by Gasteiger charge is -2.08. The van der Waals surface area contributed by atoms with Crippen LogP contribution < -0.4 is 4.74 Å². The Morgan fingerprint density at radius 3 is 2.32 bits per heavy atom. The minimum Gasteiger partial charge on any atom is -0.497 e. The van der Waals surface area contributed by atoms with Crippen molar-refractivity contribution < 1.29 is 13.9 Å². The average Bonchev–Trinajstić information content (AvgIpc) is 3.42. The normalized spacial score (nSPS) is 11.2. The molecule has 0 fully saturated rings. The molecule has 0 aliphatic rings. The molecule has 0 aliphatic heterocycles. The van der Waals surface area contributed by atoms with E-state index in [4.69, 9.17) is 32.4 Å². The quantitative estimate of drug-likeness (QED) is 0.277. The maximum absolute atomic E-state index is 13.5. The minimum atomic E-state index is -0.150. The van der Waals surface area contributed by atoms with Crippen LogP contribution in [0.15, 0.2) is 71.1 Å². The standard InChI is InChI=1S/C26H19Cl2N3O3/c1-15-21(14-24-29-30-25(34-24)16-3-7-18(27)8-4-16)22-13-20(33-2)11-12-23(22)31(15)26(32)17-5-9-19(28)10-6-17/h3-13H,14H2,1-2H3. The number of methoxy groups -OCH3 is 1. The van der Waals surface area contributed by atoms with E-state index in [1.54, 1.807) is 48.1 Å². The summed E-state index contributed by atoms with van der Waals surface area (Å²) in [5.74, 6) is 1.39. The number of carbonyl (C=O) groups excluding carboxylic acids is 1. The molecule has 34 heavy (non-hydrogen) atoms. The summed E-state index contributed by atoms with van der Waals surface area (Å²) in [4.78, 5) is 13.5. The van der Waals surface area contributed by atoms with E-state index in [2.05, 4.69) is 10.2 Å². The van der Waals surface area contributed by atoms with Crippen LogP contribution in [-0.4, -0.2) is 27.8 Å². The molecule has 8 heteroatoms. The molecule has 5 rings (SSSR count). The number of hydrogen-bond donors (Lipinski definition) is 0. The predicted molar refractivity (Wildman–Crippen MR) is 132 cm³/mol. The third kappa shape index (κ3) is 4.06. The molecule has 0 amide bonds. The summed E-state index contributed by atoms with van der Waals surface area (Å²) in [6, 6.07) is 19.7. The fraction of sp³-hybridized carbons (Fsp3) is 0.115. The maximum Gasteiger partial charge on any atom is 0.262 e.